The minimum Gasteiger partial charge on any atom is -0.406 e. The lowest BCUT2D eigenvalue weighted by molar-refractivity contribution is -0.274. The maximum absolute atomic E-state index is 11.9. The van der Waals surface area contributed by atoms with E-state index in [1.54, 1.807) is 0 Å². The first-order valence-corrected chi connectivity index (χ1v) is 5.16. The van der Waals surface area contributed by atoms with Gasteiger partial charge in [0, 0.05) is 6.54 Å². The summed E-state index contributed by atoms with van der Waals surface area (Å²) >= 11 is 0. The van der Waals surface area contributed by atoms with E-state index in [4.69, 9.17) is 5.73 Å². The van der Waals surface area contributed by atoms with Gasteiger partial charge in [-0.2, -0.15) is 0 Å². The van der Waals surface area contributed by atoms with Gasteiger partial charge in [0.2, 0.25) is 5.91 Å². The van der Waals surface area contributed by atoms with Crippen LogP contribution in [0.15, 0.2) is 24.3 Å². The van der Waals surface area contributed by atoms with E-state index in [1.807, 2.05) is 0 Å². The number of carbonyl (C=O) groups excluding carboxylic acids is 1. The highest BCUT2D eigenvalue weighted by Crippen LogP contribution is 2.22. The van der Waals surface area contributed by atoms with Gasteiger partial charge in [-0.3, -0.25) is 4.79 Å². The lowest BCUT2D eigenvalue weighted by Gasteiger charge is -2.10. The number of carbonyl (C=O) groups is 1. The van der Waals surface area contributed by atoms with Crippen LogP contribution >= 0.6 is 12.4 Å². The Morgan fingerprint density at radius 3 is 2.32 bits per heavy atom. The van der Waals surface area contributed by atoms with Gasteiger partial charge < -0.3 is 15.8 Å². The summed E-state index contributed by atoms with van der Waals surface area (Å²) in [4.78, 5) is 11.2. The zero-order valence-corrected chi connectivity index (χ0v) is 10.8. The van der Waals surface area contributed by atoms with Gasteiger partial charge >= 0.3 is 6.36 Å². The van der Waals surface area contributed by atoms with Crippen LogP contribution in [-0.2, 0) is 11.3 Å². The number of halogens is 4. The number of nitrogens with two attached hydrogens (primary N) is 1. The molecule has 0 aliphatic heterocycles. The second-order valence-corrected chi connectivity index (χ2v) is 3.70. The molecule has 1 aromatic carbocycles. The van der Waals surface area contributed by atoms with Crippen molar-refractivity contribution in [3.05, 3.63) is 29.8 Å². The number of rotatable bonds is 4. The van der Waals surface area contributed by atoms with Gasteiger partial charge in [0.25, 0.3) is 0 Å². The Balaban J connectivity index is 0.00000324. The van der Waals surface area contributed by atoms with Crippen LogP contribution in [0, 0.1) is 0 Å². The van der Waals surface area contributed by atoms with Crippen LogP contribution in [0.5, 0.6) is 5.75 Å². The van der Waals surface area contributed by atoms with Gasteiger partial charge in [0.1, 0.15) is 5.75 Å². The number of amides is 1. The molecule has 1 amide bonds. The van der Waals surface area contributed by atoms with Gasteiger partial charge in [0.05, 0.1) is 6.04 Å². The van der Waals surface area contributed by atoms with Crippen molar-refractivity contribution < 1.29 is 22.7 Å². The van der Waals surface area contributed by atoms with Gasteiger partial charge in [-0.15, -0.1) is 25.6 Å². The molecular weight excluding hydrogens is 285 g/mol. The zero-order chi connectivity index (χ0) is 13.8. The van der Waals surface area contributed by atoms with Crippen LogP contribution in [-0.4, -0.2) is 18.3 Å². The lowest BCUT2D eigenvalue weighted by atomic mass is 10.2. The van der Waals surface area contributed by atoms with Crippen LogP contribution in [0.4, 0.5) is 13.2 Å². The second kappa shape index (κ2) is 7.20. The van der Waals surface area contributed by atoms with Gasteiger partial charge in [-0.25, -0.2) is 0 Å². The SMILES string of the molecule is C[C@@H](N)C(=O)NCc1ccc(OC(F)(F)F)cc1.Cl. The molecule has 1 atom stereocenters. The Morgan fingerprint density at radius 1 is 1.37 bits per heavy atom. The fraction of sp³-hybridized carbons (Fsp3) is 0.364. The summed E-state index contributed by atoms with van der Waals surface area (Å²) in [6, 6.07) is 4.60. The van der Waals surface area contributed by atoms with Crippen molar-refractivity contribution >= 4 is 18.3 Å². The average molecular weight is 299 g/mol. The van der Waals surface area contributed by atoms with Gasteiger partial charge in [-0.1, -0.05) is 12.1 Å². The van der Waals surface area contributed by atoms with Crippen LogP contribution in [0.1, 0.15) is 12.5 Å². The summed E-state index contributed by atoms with van der Waals surface area (Å²) in [6.07, 6.45) is -4.70. The molecule has 0 fully saturated rings. The van der Waals surface area contributed by atoms with E-state index < -0.39 is 12.4 Å². The fourth-order valence-corrected chi connectivity index (χ4v) is 1.16. The smallest absolute Gasteiger partial charge is 0.406 e. The third-order valence-electron chi connectivity index (χ3n) is 2.04. The first kappa shape index (κ1) is 17.5. The van der Waals surface area contributed by atoms with Crippen molar-refractivity contribution in [2.45, 2.75) is 25.9 Å². The van der Waals surface area contributed by atoms with Crippen molar-refractivity contribution in [2.24, 2.45) is 5.73 Å². The van der Waals surface area contributed by atoms with Crippen molar-refractivity contribution in [3.8, 4) is 5.75 Å². The summed E-state index contributed by atoms with van der Waals surface area (Å²) in [7, 11) is 0. The highest BCUT2D eigenvalue weighted by Gasteiger charge is 2.30. The number of hydrogen-bond acceptors (Lipinski definition) is 3. The molecule has 0 aliphatic rings. The summed E-state index contributed by atoms with van der Waals surface area (Å²) in [5, 5.41) is 2.54. The molecule has 1 aromatic rings. The van der Waals surface area contributed by atoms with Gasteiger partial charge in [0.15, 0.2) is 0 Å². The molecular formula is C11H14ClF3N2O2. The Morgan fingerprint density at radius 2 is 1.89 bits per heavy atom. The van der Waals surface area contributed by atoms with Gasteiger partial charge in [-0.05, 0) is 24.6 Å². The highest BCUT2D eigenvalue weighted by atomic mass is 35.5. The second-order valence-electron chi connectivity index (χ2n) is 3.70. The quantitative estimate of drug-likeness (QED) is 0.893. The Hall–Kier alpha value is -1.47. The molecule has 19 heavy (non-hydrogen) atoms. The first-order valence-electron chi connectivity index (χ1n) is 5.16. The lowest BCUT2D eigenvalue weighted by Crippen LogP contribution is -2.37. The molecule has 0 radical (unpaired) electrons. The zero-order valence-electron chi connectivity index (χ0n) is 10.0. The Bertz CT molecular complexity index is 407. The summed E-state index contributed by atoms with van der Waals surface area (Å²) in [6.45, 7) is 1.74. The summed E-state index contributed by atoms with van der Waals surface area (Å²) in [5.41, 5.74) is 5.99. The molecule has 0 bridgehead atoms. The van der Waals surface area contributed by atoms with E-state index in [9.17, 15) is 18.0 Å². The molecule has 4 nitrogen and oxygen atoms in total. The monoisotopic (exact) mass is 298 g/mol. The molecule has 3 N–H and O–H groups in total. The fourth-order valence-electron chi connectivity index (χ4n) is 1.16. The third-order valence-corrected chi connectivity index (χ3v) is 2.04. The number of alkyl halides is 3. The van der Waals surface area contributed by atoms with Crippen molar-refractivity contribution in [2.75, 3.05) is 0 Å². The number of benzene rings is 1. The average Bonchev–Trinajstić information content (AvgIpc) is 2.25. The standard InChI is InChI=1S/C11H13F3N2O2.ClH/c1-7(15)10(17)16-6-8-2-4-9(5-3-8)18-11(12,13)14;/h2-5,7H,6,15H2,1H3,(H,16,17);1H/t7-;/m1./s1. The number of nitrogens with one attached hydrogen (secondary N) is 1. The minimum absolute atomic E-state index is 0. The van der Waals surface area contributed by atoms with Crippen molar-refractivity contribution in [1.29, 1.82) is 0 Å². The normalized spacial score (nSPS) is 12.3. The van der Waals surface area contributed by atoms with E-state index in [0.29, 0.717) is 5.56 Å². The molecule has 0 unspecified atom stereocenters. The maximum atomic E-state index is 11.9. The van der Waals surface area contributed by atoms with E-state index in [2.05, 4.69) is 10.1 Å². The molecule has 0 spiro atoms. The third kappa shape index (κ3) is 6.88. The van der Waals surface area contributed by atoms with E-state index in [0.717, 1.165) is 0 Å². The Kier molecular flexibility index (Phi) is 6.64. The molecule has 1 rings (SSSR count). The minimum atomic E-state index is -4.70. The maximum Gasteiger partial charge on any atom is 0.573 e. The van der Waals surface area contributed by atoms with E-state index >= 15 is 0 Å². The predicted octanol–water partition coefficient (Wildman–Crippen LogP) is 1.97. The number of hydrogen-bond donors (Lipinski definition) is 2. The molecule has 8 heteroatoms. The Labute approximate surface area is 114 Å². The van der Waals surface area contributed by atoms with Crippen molar-refractivity contribution in [1.82, 2.24) is 5.32 Å². The number of ether oxygens (including phenoxy) is 1. The van der Waals surface area contributed by atoms with Crippen LogP contribution in [0.25, 0.3) is 0 Å². The van der Waals surface area contributed by atoms with E-state index in [-0.39, 0.29) is 30.6 Å². The molecule has 108 valence electrons. The summed E-state index contributed by atoms with van der Waals surface area (Å²) in [5.74, 6) is -0.629. The molecule has 0 saturated heterocycles. The largest absolute Gasteiger partial charge is 0.573 e. The molecule has 0 heterocycles. The highest BCUT2D eigenvalue weighted by molar-refractivity contribution is 5.85. The molecule has 0 aromatic heterocycles. The van der Waals surface area contributed by atoms with Crippen LogP contribution in [0.2, 0.25) is 0 Å². The summed E-state index contributed by atoms with van der Waals surface area (Å²) < 4.78 is 39.4. The topological polar surface area (TPSA) is 64.4 Å². The predicted molar refractivity (Wildman–Crippen MR) is 65.9 cm³/mol. The van der Waals surface area contributed by atoms with Crippen molar-refractivity contribution in [3.63, 3.8) is 0 Å². The molecule has 0 aliphatic carbocycles. The molecule has 0 saturated carbocycles. The van der Waals surface area contributed by atoms with Crippen LogP contribution in [0.3, 0.4) is 0 Å². The van der Waals surface area contributed by atoms with E-state index in [1.165, 1.54) is 31.2 Å². The van der Waals surface area contributed by atoms with Crippen LogP contribution < -0.4 is 15.8 Å². The first-order chi connectivity index (χ1) is 8.28.